The fourth-order valence-corrected chi connectivity index (χ4v) is 6.34. The topological polar surface area (TPSA) is 55.6 Å². The monoisotopic (exact) mass is 530 g/mol. The molecule has 7 atom stereocenters. The van der Waals surface area contributed by atoms with Crippen LogP contribution in [0.4, 0.5) is 30.7 Å². The van der Waals surface area contributed by atoms with Gasteiger partial charge < -0.3 is 15.4 Å². The van der Waals surface area contributed by atoms with Crippen LogP contribution in [0.25, 0.3) is 0 Å². The van der Waals surface area contributed by atoms with E-state index in [-0.39, 0.29) is 48.0 Å². The Hall–Kier alpha value is -2.66. The molecule has 5 rings (SSSR count). The Bertz CT molecular complexity index is 1150. The lowest BCUT2D eigenvalue weighted by Crippen LogP contribution is -2.34. The zero-order valence-electron chi connectivity index (χ0n) is 19.7. The molecule has 2 aromatic carbocycles. The fraction of sp³-hybridized carbons (Fsp3) is 0.500. The number of benzene rings is 2. The van der Waals surface area contributed by atoms with E-state index in [1.807, 2.05) is 0 Å². The number of amides is 1. The van der Waals surface area contributed by atoms with Crippen molar-refractivity contribution >= 4 is 5.91 Å². The zero-order valence-corrected chi connectivity index (χ0v) is 19.7. The minimum atomic E-state index is -4.98. The third kappa shape index (κ3) is 4.71. The van der Waals surface area contributed by atoms with E-state index in [1.54, 1.807) is 17.0 Å². The van der Waals surface area contributed by atoms with Gasteiger partial charge in [-0.05, 0) is 67.1 Å². The molecule has 2 aromatic rings. The summed E-state index contributed by atoms with van der Waals surface area (Å²) in [4.78, 5) is 14.9. The van der Waals surface area contributed by atoms with Crippen molar-refractivity contribution in [3.63, 3.8) is 0 Å². The highest BCUT2D eigenvalue weighted by molar-refractivity contribution is 5.83. The number of nitrogens with two attached hydrogens (primary N) is 1. The number of ether oxygens (including phenoxy) is 1. The number of carbonyl (C=O) groups is 1. The van der Waals surface area contributed by atoms with Crippen molar-refractivity contribution in [1.82, 2.24) is 4.90 Å². The van der Waals surface area contributed by atoms with Gasteiger partial charge in [0.15, 0.2) is 0 Å². The Morgan fingerprint density at radius 2 is 1.57 bits per heavy atom. The summed E-state index contributed by atoms with van der Waals surface area (Å²) in [5.74, 6) is -1.28. The number of nitrogens with zero attached hydrogens (tertiary/aromatic N) is 1. The molecular weight excluding hydrogens is 505 g/mol. The lowest BCUT2D eigenvalue weighted by atomic mass is 9.81. The number of hydrogen-bond acceptors (Lipinski definition) is 3. The normalized spacial score (nSPS) is 30.5. The van der Waals surface area contributed by atoms with Crippen molar-refractivity contribution in [3.05, 3.63) is 70.5 Å². The van der Waals surface area contributed by atoms with E-state index in [0.717, 1.165) is 0 Å². The third-order valence-corrected chi connectivity index (χ3v) is 7.91. The first-order chi connectivity index (χ1) is 17.2. The van der Waals surface area contributed by atoms with E-state index >= 15 is 0 Å². The van der Waals surface area contributed by atoms with Crippen LogP contribution < -0.4 is 5.73 Å². The maximum Gasteiger partial charge on any atom is 0.416 e. The van der Waals surface area contributed by atoms with Crippen molar-refractivity contribution < 1.29 is 40.3 Å². The van der Waals surface area contributed by atoms with Crippen LogP contribution in [-0.4, -0.2) is 35.5 Å². The second-order valence-electron chi connectivity index (χ2n) is 10.2. The lowest BCUT2D eigenvalue weighted by molar-refractivity contribution is -0.143. The molecule has 2 heterocycles. The predicted molar refractivity (Wildman–Crippen MR) is 119 cm³/mol. The molecule has 11 heteroatoms. The van der Waals surface area contributed by atoms with E-state index in [9.17, 15) is 35.5 Å². The molecule has 1 saturated carbocycles. The van der Waals surface area contributed by atoms with Gasteiger partial charge in [0.25, 0.3) is 0 Å². The van der Waals surface area contributed by atoms with Gasteiger partial charge in [0, 0.05) is 30.5 Å². The molecule has 0 unspecified atom stereocenters. The molecule has 1 aliphatic carbocycles. The summed E-state index contributed by atoms with van der Waals surface area (Å²) in [5.41, 5.74) is 3.68. The Morgan fingerprint density at radius 1 is 0.973 bits per heavy atom. The fourth-order valence-electron chi connectivity index (χ4n) is 6.34. The molecule has 2 aliphatic heterocycles. The molecule has 0 bridgehead atoms. The molecule has 200 valence electrons. The second-order valence-corrected chi connectivity index (χ2v) is 10.2. The van der Waals surface area contributed by atoms with Crippen LogP contribution in [0, 0.1) is 17.7 Å². The molecule has 3 aliphatic rings. The number of fused-ring (bicyclic) bond motifs is 3. The standard InChI is InChI=1S/C26H25F7N2O2/c1-12(14-6-15(25(28,29)30)8-16(7-14)26(31,32)33)37-21-11-35-23(19-9-18(34)10-20(19)24(35)36)22(21)13-2-4-17(27)5-3-13/h2-8,12,18-23H,9-11,34H2,1H3/t12-,18-,19-,20+,21+,22-,23+/m1/s1. The van der Waals surface area contributed by atoms with Gasteiger partial charge in [0.05, 0.1) is 23.3 Å². The summed E-state index contributed by atoms with van der Waals surface area (Å²) >= 11 is 0. The van der Waals surface area contributed by atoms with E-state index in [0.29, 0.717) is 30.5 Å². The maximum atomic E-state index is 13.7. The highest BCUT2D eigenvalue weighted by Gasteiger charge is 2.60. The Morgan fingerprint density at radius 3 is 2.14 bits per heavy atom. The number of alkyl halides is 6. The summed E-state index contributed by atoms with van der Waals surface area (Å²) < 4.78 is 100. The van der Waals surface area contributed by atoms with Gasteiger partial charge in [-0.2, -0.15) is 26.3 Å². The first-order valence-electron chi connectivity index (χ1n) is 12.0. The van der Waals surface area contributed by atoms with Gasteiger partial charge in [0.1, 0.15) is 5.82 Å². The quantitative estimate of drug-likeness (QED) is 0.519. The van der Waals surface area contributed by atoms with Crippen LogP contribution in [-0.2, 0) is 21.9 Å². The van der Waals surface area contributed by atoms with Crippen LogP contribution in [0.1, 0.15) is 54.0 Å². The summed E-state index contributed by atoms with van der Waals surface area (Å²) in [6.45, 7) is 1.51. The van der Waals surface area contributed by atoms with Gasteiger partial charge in [-0.1, -0.05) is 12.1 Å². The van der Waals surface area contributed by atoms with Gasteiger partial charge in [-0.15, -0.1) is 0 Å². The van der Waals surface area contributed by atoms with Crippen molar-refractivity contribution in [2.24, 2.45) is 17.6 Å². The molecule has 2 saturated heterocycles. The average Bonchev–Trinajstić information content (AvgIpc) is 3.44. The first-order valence-corrected chi connectivity index (χ1v) is 12.0. The number of hydrogen-bond donors (Lipinski definition) is 1. The van der Waals surface area contributed by atoms with Crippen molar-refractivity contribution in [2.75, 3.05) is 6.54 Å². The SMILES string of the molecule is C[C@@H](O[C@H]1CN2C(=O)[C@H]3C[C@H](N)C[C@H]3[C@H]2[C@@H]1c1ccc(F)cc1)c1cc(C(F)(F)F)cc(C(F)(F)F)c1. The Kier molecular flexibility index (Phi) is 6.30. The van der Waals surface area contributed by atoms with Crippen LogP contribution in [0.2, 0.25) is 0 Å². The molecule has 0 radical (unpaired) electrons. The van der Waals surface area contributed by atoms with Crippen molar-refractivity contribution in [2.45, 2.75) is 62.3 Å². The number of halogens is 7. The largest absolute Gasteiger partial charge is 0.416 e. The molecule has 1 amide bonds. The molecule has 37 heavy (non-hydrogen) atoms. The Balaban J connectivity index is 1.49. The first kappa shape index (κ1) is 26.0. The molecule has 2 N–H and O–H groups in total. The maximum absolute atomic E-state index is 13.7. The molecular formula is C26H25F7N2O2. The van der Waals surface area contributed by atoms with Gasteiger partial charge >= 0.3 is 12.4 Å². The van der Waals surface area contributed by atoms with E-state index in [1.165, 1.54) is 19.1 Å². The molecule has 3 fully saturated rings. The molecule has 0 spiro atoms. The highest BCUT2D eigenvalue weighted by Crippen LogP contribution is 2.52. The average molecular weight is 530 g/mol. The summed E-state index contributed by atoms with van der Waals surface area (Å²) in [6, 6.07) is 6.63. The van der Waals surface area contributed by atoms with E-state index in [4.69, 9.17) is 10.5 Å². The van der Waals surface area contributed by atoms with Crippen LogP contribution in [0.3, 0.4) is 0 Å². The van der Waals surface area contributed by atoms with Gasteiger partial charge in [-0.3, -0.25) is 4.79 Å². The number of carbonyl (C=O) groups excluding carboxylic acids is 1. The smallest absolute Gasteiger partial charge is 0.368 e. The second kappa shape index (κ2) is 8.97. The third-order valence-electron chi connectivity index (χ3n) is 7.91. The number of rotatable bonds is 4. The minimum absolute atomic E-state index is 0.0631. The van der Waals surface area contributed by atoms with Gasteiger partial charge in [-0.25, -0.2) is 4.39 Å². The van der Waals surface area contributed by atoms with E-state index < -0.39 is 47.4 Å². The van der Waals surface area contributed by atoms with Crippen LogP contribution in [0.5, 0.6) is 0 Å². The van der Waals surface area contributed by atoms with Crippen molar-refractivity contribution in [1.29, 1.82) is 0 Å². The van der Waals surface area contributed by atoms with Crippen LogP contribution >= 0.6 is 0 Å². The Labute approximate surface area is 208 Å². The molecule has 0 aromatic heterocycles. The summed E-state index contributed by atoms with van der Waals surface area (Å²) in [6.07, 6.45) is -10.7. The lowest BCUT2D eigenvalue weighted by Gasteiger charge is -2.29. The highest BCUT2D eigenvalue weighted by atomic mass is 19.4. The summed E-state index contributed by atoms with van der Waals surface area (Å²) in [7, 11) is 0. The molecule has 4 nitrogen and oxygen atoms in total. The van der Waals surface area contributed by atoms with Crippen molar-refractivity contribution in [3.8, 4) is 0 Å². The minimum Gasteiger partial charge on any atom is -0.368 e. The zero-order chi connectivity index (χ0) is 26.9. The summed E-state index contributed by atoms with van der Waals surface area (Å²) in [5, 5.41) is 0. The van der Waals surface area contributed by atoms with E-state index in [2.05, 4.69) is 0 Å². The van der Waals surface area contributed by atoms with Gasteiger partial charge in [0.2, 0.25) is 5.91 Å². The van der Waals surface area contributed by atoms with Crippen LogP contribution in [0.15, 0.2) is 42.5 Å². The predicted octanol–water partition coefficient (Wildman–Crippen LogP) is 5.67.